The molecule has 19 heteroatoms. The van der Waals surface area contributed by atoms with Gasteiger partial charge in [0.15, 0.2) is 18.9 Å². The Hall–Kier alpha value is -1.66. The lowest BCUT2D eigenvalue weighted by Crippen LogP contribution is -2.68. The maximum absolute atomic E-state index is 12.0. The second-order valence-electron chi connectivity index (χ2n) is 10.5. The van der Waals surface area contributed by atoms with Crippen LogP contribution in [0.2, 0.25) is 0 Å². The number of nitrogens with one attached hydrogen (secondary N) is 2. The van der Waals surface area contributed by atoms with Crippen LogP contribution in [0.15, 0.2) is 0 Å². The summed E-state index contributed by atoms with van der Waals surface area (Å²) in [6.45, 7) is 0.407. The zero-order chi connectivity index (χ0) is 32.0. The molecule has 19 nitrogen and oxygen atoms in total. The number of aliphatic hydroxyl groups is 8. The predicted octanol–water partition coefficient (Wildman–Crippen LogP) is -7.30. The molecule has 0 radical (unpaired) electrons. The number of carbonyl (C=O) groups is 2. The van der Waals surface area contributed by atoms with Crippen molar-refractivity contribution in [3.63, 3.8) is 0 Å². The summed E-state index contributed by atoms with van der Waals surface area (Å²) in [7, 11) is 0. The molecule has 12 N–H and O–H groups in total. The molecule has 0 aromatic rings. The molecule has 0 spiro atoms. The second kappa shape index (κ2) is 16.1. The molecule has 0 unspecified atom stereocenters. The van der Waals surface area contributed by atoms with Gasteiger partial charge in [-0.15, -0.1) is 0 Å². The molecule has 3 fully saturated rings. The first-order valence-corrected chi connectivity index (χ1v) is 13.7. The van der Waals surface area contributed by atoms with Crippen molar-refractivity contribution in [1.82, 2.24) is 10.6 Å². The van der Waals surface area contributed by atoms with Gasteiger partial charge in [-0.2, -0.15) is 0 Å². The average molecular weight is 630 g/mol. The zero-order valence-corrected chi connectivity index (χ0v) is 23.6. The third kappa shape index (κ3) is 8.54. The van der Waals surface area contributed by atoms with Crippen LogP contribution in [0.4, 0.5) is 0 Å². The van der Waals surface area contributed by atoms with E-state index in [1.165, 1.54) is 6.92 Å². The molecule has 3 aliphatic rings. The van der Waals surface area contributed by atoms with Crippen LogP contribution in [-0.4, -0.2) is 178 Å². The maximum atomic E-state index is 12.0. The fourth-order valence-corrected chi connectivity index (χ4v) is 5.07. The quantitative estimate of drug-likeness (QED) is 0.0955. The van der Waals surface area contributed by atoms with Gasteiger partial charge in [-0.25, -0.2) is 0 Å². The number of aliphatic hydroxyl groups excluding tert-OH is 8. The molecule has 0 aromatic heterocycles. The van der Waals surface area contributed by atoms with Crippen molar-refractivity contribution in [2.24, 2.45) is 5.73 Å². The molecule has 2 amide bonds. The maximum Gasteiger partial charge on any atom is 0.217 e. The predicted molar refractivity (Wildman–Crippen MR) is 137 cm³/mol. The molecule has 43 heavy (non-hydrogen) atoms. The number of ether oxygens (including phenoxy) is 6. The van der Waals surface area contributed by atoms with Gasteiger partial charge in [-0.1, -0.05) is 0 Å². The van der Waals surface area contributed by atoms with Crippen molar-refractivity contribution < 1.29 is 78.9 Å². The molecule has 0 saturated carbocycles. The van der Waals surface area contributed by atoms with Crippen LogP contribution in [0.3, 0.4) is 0 Å². The molecule has 3 rings (SSSR count). The number of amides is 2. The smallest absolute Gasteiger partial charge is 0.217 e. The topological polar surface area (TPSA) is 301 Å². The van der Waals surface area contributed by atoms with E-state index in [0.717, 1.165) is 6.92 Å². The Morgan fingerprint density at radius 2 is 1.19 bits per heavy atom. The van der Waals surface area contributed by atoms with Gasteiger partial charge in [-0.05, 0) is 0 Å². The molecule has 250 valence electrons. The standard InChI is InChI=1S/C24H43N3O16/c1-8(30)26-13-17(34)16(33)12(42-22(13)38-4-3-25)7-39-23-14(27-9(2)31)18(35)21(11(6-29)41-23)43-24-20(37)19(36)15(32)10(5-28)40-24/h10-24,28-29,32-37H,3-7,25H2,1-2H3,(H,26,30)(H,27,31)/t10-,11-,12-,13-,14-,15+,16+,17-,18-,19+,20-,21-,22+,23-,24+/m1/s1. The highest BCUT2D eigenvalue weighted by Gasteiger charge is 2.52. The molecule has 0 aromatic carbocycles. The van der Waals surface area contributed by atoms with E-state index >= 15 is 0 Å². The number of nitrogens with two attached hydrogens (primary N) is 1. The van der Waals surface area contributed by atoms with Crippen molar-refractivity contribution in [2.75, 3.05) is 33.0 Å². The highest BCUT2D eigenvalue weighted by Crippen LogP contribution is 2.30. The first-order valence-electron chi connectivity index (χ1n) is 13.7. The Bertz CT molecular complexity index is 903. The molecular formula is C24H43N3O16. The minimum Gasteiger partial charge on any atom is -0.394 e. The van der Waals surface area contributed by atoms with Gasteiger partial charge in [-0.3, -0.25) is 9.59 Å². The molecule has 3 aliphatic heterocycles. The van der Waals surface area contributed by atoms with Crippen molar-refractivity contribution >= 4 is 11.8 Å². The first-order chi connectivity index (χ1) is 20.3. The Kier molecular flexibility index (Phi) is 13.4. The Labute approximate surface area is 246 Å². The highest BCUT2D eigenvalue weighted by atomic mass is 16.7. The van der Waals surface area contributed by atoms with Crippen LogP contribution in [0.1, 0.15) is 13.8 Å². The minimum absolute atomic E-state index is 0.00626. The highest BCUT2D eigenvalue weighted by molar-refractivity contribution is 5.73. The first kappa shape index (κ1) is 35.8. The molecule has 0 bridgehead atoms. The van der Waals surface area contributed by atoms with Crippen molar-refractivity contribution in [3.05, 3.63) is 0 Å². The van der Waals surface area contributed by atoms with Crippen molar-refractivity contribution in [1.29, 1.82) is 0 Å². The third-order valence-corrected chi connectivity index (χ3v) is 7.26. The monoisotopic (exact) mass is 629 g/mol. The van der Waals surface area contributed by atoms with Crippen LogP contribution >= 0.6 is 0 Å². The summed E-state index contributed by atoms with van der Waals surface area (Å²) in [5.41, 5.74) is 5.48. The van der Waals surface area contributed by atoms with Gasteiger partial charge in [0.25, 0.3) is 0 Å². The molecule has 3 saturated heterocycles. The van der Waals surface area contributed by atoms with Gasteiger partial charge in [0.2, 0.25) is 11.8 Å². The Balaban J connectivity index is 1.75. The molecule has 0 aliphatic carbocycles. The van der Waals surface area contributed by atoms with Crippen LogP contribution in [0.5, 0.6) is 0 Å². The Morgan fingerprint density at radius 3 is 1.74 bits per heavy atom. The van der Waals surface area contributed by atoms with E-state index in [1.807, 2.05) is 0 Å². The number of rotatable bonds is 12. The second-order valence-corrected chi connectivity index (χ2v) is 10.5. The third-order valence-electron chi connectivity index (χ3n) is 7.26. The van der Waals surface area contributed by atoms with Crippen LogP contribution in [-0.2, 0) is 38.0 Å². The lowest BCUT2D eigenvalue weighted by atomic mass is 9.95. The lowest BCUT2D eigenvalue weighted by molar-refractivity contribution is -0.351. The van der Waals surface area contributed by atoms with Crippen LogP contribution in [0, 0.1) is 0 Å². The summed E-state index contributed by atoms with van der Waals surface area (Å²) >= 11 is 0. The molecule has 3 heterocycles. The number of carbonyl (C=O) groups excluding carboxylic acids is 2. The van der Waals surface area contributed by atoms with Crippen molar-refractivity contribution in [3.8, 4) is 0 Å². The normalized spacial score (nSPS) is 43.7. The van der Waals surface area contributed by atoms with E-state index in [0.29, 0.717) is 0 Å². The van der Waals surface area contributed by atoms with Gasteiger partial charge in [0, 0.05) is 20.4 Å². The lowest BCUT2D eigenvalue weighted by Gasteiger charge is -2.47. The zero-order valence-electron chi connectivity index (χ0n) is 23.6. The number of hydrogen-bond donors (Lipinski definition) is 11. The van der Waals surface area contributed by atoms with E-state index in [1.54, 1.807) is 0 Å². The minimum atomic E-state index is -1.83. The fraction of sp³-hybridized carbons (Fsp3) is 0.917. The van der Waals surface area contributed by atoms with Gasteiger partial charge in [0.05, 0.1) is 26.4 Å². The summed E-state index contributed by atoms with van der Waals surface area (Å²) in [6.07, 6.45) is -20.0. The number of hydrogen-bond acceptors (Lipinski definition) is 17. The SMILES string of the molecule is CC(=O)N[C@H]1[C@H](OC[C@H]2O[C@H](OCCN)[C@H](NC(C)=O)[C@@H](O)[C@H]2O)O[C@H](CO)[C@@H](O[C@@H]2O[C@H](CO)[C@H](O)[C@H](O)[C@H]2O)[C@@H]1O. The summed E-state index contributed by atoms with van der Waals surface area (Å²) in [6, 6.07) is -2.52. The van der Waals surface area contributed by atoms with E-state index in [9.17, 15) is 50.4 Å². The summed E-state index contributed by atoms with van der Waals surface area (Å²) in [5, 5.41) is 87.4. The van der Waals surface area contributed by atoms with E-state index < -0.39 is 124 Å². The summed E-state index contributed by atoms with van der Waals surface area (Å²) < 4.78 is 33.7. The van der Waals surface area contributed by atoms with Crippen LogP contribution < -0.4 is 16.4 Å². The Morgan fingerprint density at radius 1 is 0.674 bits per heavy atom. The molecular weight excluding hydrogens is 586 g/mol. The van der Waals surface area contributed by atoms with Gasteiger partial charge >= 0.3 is 0 Å². The largest absolute Gasteiger partial charge is 0.394 e. The fourth-order valence-electron chi connectivity index (χ4n) is 5.07. The van der Waals surface area contributed by atoms with E-state index in [-0.39, 0.29) is 13.2 Å². The van der Waals surface area contributed by atoms with E-state index in [4.69, 9.17) is 34.2 Å². The summed E-state index contributed by atoms with van der Waals surface area (Å²) in [4.78, 5) is 23.6. The molecule has 15 atom stereocenters. The van der Waals surface area contributed by atoms with E-state index in [2.05, 4.69) is 10.6 Å². The van der Waals surface area contributed by atoms with Gasteiger partial charge < -0.3 is 85.6 Å². The van der Waals surface area contributed by atoms with Gasteiger partial charge in [0.1, 0.15) is 73.1 Å². The average Bonchev–Trinajstić information content (AvgIpc) is 2.96. The van der Waals surface area contributed by atoms with Crippen LogP contribution in [0.25, 0.3) is 0 Å². The van der Waals surface area contributed by atoms with Crippen molar-refractivity contribution in [2.45, 2.75) is 106 Å². The summed E-state index contributed by atoms with van der Waals surface area (Å²) in [5.74, 6) is -1.15.